The SMILES string of the molecule is CNc1nc(NC2[C@@H]3CC[C@H]2CN(c2nnc(C)o2)C3)nc2c1C(C)(C)CN2c1ccc(F)cc1. The van der Waals surface area contributed by atoms with Crippen LogP contribution in [0.1, 0.15) is 38.1 Å². The molecule has 1 saturated heterocycles. The molecular weight excluding hydrogens is 447 g/mol. The van der Waals surface area contributed by atoms with E-state index in [1.165, 1.54) is 12.1 Å². The molecule has 0 amide bonds. The predicted molar refractivity (Wildman–Crippen MR) is 133 cm³/mol. The van der Waals surface area contributed by atoms with Gasteiger partial charge in [0.05, 0.1) is 0 Å². The van der Waals surface area contributed by atoms with E-state index in [0.29, 0.717) is 29.7 Å². The molecule has 1 unspecified atom stereocenters. The number of hydrogen-bond donors (Lipinski definition) is 2. The number of rotatable bonds is 5. The topological polar surface area (TPSA) is 95.2 Å². The van der Waals surface area contributed by atoms with Crippen LogP contribution in [0, 0.1) is 24.6 Å². The average molecular weight is 479 g/mol. The molecule has 3 atom stereocenters. The van der Waals surface area contributed by atoms with Gasteiger partial charge in [-0.1, -0.05) is 18.9 Å². The van der Waals surface area contributed by atoms with E-state index < -0.39 is 0 Å². The van der Waals surface area contributed by atoms with Gasteiger partial charge in [0.15, 0.2) is 0 Å². The fraction of sp³-hybridized carbons (Fsp3) is 0.520. The van der Waals surface area contributed by atoms with Crippen LogP contribution >= 0.6 is 0 Å². The lowest BCUT2D eigenvalue weighted by molar-refractivity contribution is 0.357. The van der Waals surface area contributed by atoms with E-state index in [2.05, 4.69) is 44.5 Å². The fourth-order valence-electron chi connectivity index (χ4n) is 6.07. The molecule has 35 heavy (non-hydrogen) atoms. The second-order valence-corrected chi connectivity index (χ2v) is 10.6. The third-order valence-corrected chi connectivity index (χ3v) is 7.67. The van der Waals surface area contributed by atoms with Gasteiger partial charge in [-0.3, -0.25) is 0 Å². The summed E-state index contributed by atoms with van der Waals surface area (Å²) in [5.74, 6) is 3.56. The second-order valence-electron chi connectivity index (χ2n) is 10.6. The molecule has 2 aromatic heterocycles. The van der Waals surface area contributed by atoms with Crippen LogP contribution in [0.4, 0.5) is 33.7 Å². The van der Waals surface area contributed by atoms with Gasteiger partial charge in [0.2, 0.25) is 11.8 Å². The molecule has 0 spiro atoms. The molecule has 2 aliphatic heterocycles. The minimum atomic E-state index is -0.245. The van der Waals surface area contributed by atoms with Crippen LogP contribution in [0.2, 0.25) is 0 Å². The smallest absolute Gasteiger partial charge is 0.318 e. The Kier molecular flexibility index (Phi) is 5.08. The first-order valence-electron chi connectivity index (χ1n) is 12.3. The van der Waals surface area contributed by atoms with Crippen LogP contribution in [0.3, 0.4) is 0 Å². The third kappa shape index (κ3) is 3.75. The lowest BCUT2D eigenvalue weighted by atomic mass is 9.88. The maximum atomic E-state index is 13.6. The van der Waals surface area contributed by atoms with E-state index in [9.17, 15) is 4.39 Å². The Hall–Kier alpha value is -3.43. The summed E-state index contributed by atoms with van der Waals surface area (Å²) in [6.45, 7) is 8.70. The Bertz CT molecular complexity index is 1230. The van der Waals surface area contributed by atoms with Gasteiger partial charge in [0, 0.05) is 56.3 Å². The van der Waals surface area contributed by atoms with Crippen LogP contribution in [0.25, 0.3) is 0 Å². The zero-order chi connectivity index (χ0) is 24.3. The highest BCUT2D eigenvalue weighted by Crippen LogP contribution is 2.47. The van der Waals surface area contributed by atoms with E-state index in [4.69, 9.17) is 14.4 Å². The summed E-state index contributed by atoms with van der Waals surface area (Å²) >= 11 is 0. The van der Waals surface area contributed by atoms with Gasteiger partial charge in [0.1, 0.15) is 17.5 Å². The predicted octanol–water partition coefficient (Wildman–Crippen LogP) is 4.11. The average Bonchev–Trinajstić information content (AvgIpc) is 3.45. The van der Waals surface area contributed by atoms with Crippen molar-refractivity contribution in [1.29, 1.82) is 0 Å². The highest BCUT2D eigenvalue weighted by molar-refractivity contribution is 5.75. The first kappa shape index (κ1) is 22.1. The van der Waals surface area contributed by atoms with Crippen molar-refractivity contribution in [2.75, 3.05) is 47.1 Å². The fourth-order valence-corrected chi connectivity index (χ4v) is 6.07. The molecule has 10 heteroatoms. The van der Waals surface area contributed by atoms with Gasteiger partial charge in [-0.2, -0.15) is 9.97 Å². The molecule has 2 fully saturated rings. The van der Waals surface area contributed by atoms with Crippen LogP contribution in [-0.2, 0) is 5.41 Å². The molecule has 2 bridgehead atoms. The quantitative estimate of drug-likeness (QED) is 0.562. The van der Waals surface area contributed by atoms with Crippen molar-refractivity contribution < 1.29 is 8.81 Å². The molecule has 1 saturated carbocycles. The molecule has 1 aromatic carbocycles. The molecule has 2 N–H and O–H groups in total. The van der Waals surface area contributed by atoms with Crippen molar-refractivity contribution in [2.24, 2.45) is 11.8 Å². The number of benzene rings is 1. The van der Waals surface area contributed by atoms with E-state index in [1.807, 2.05) is 26.1 Å². The number of fused-ring (bicyclic) bond motifs is 3. The highest BCUT2D eigenvalue weighted by Gasteiger charge is 2.45. The van der Waals surface area contributed by atoms with Crippen LogP contribution < -0.4 is 20.4 Å². The van der Waals surface area contributed by atoms with Crippen molar-refractivity contribution in [3.05, 3.63) is 41.5 Å². The molecule has 1 aliphatic carbocycles. The molecule has 184 valence electrons. The Morgan fingerprint density at radius 2 is 1.77 bits per heavy atom. The van der Waals surface area contributed by atoms with Gasteiger partial charge in [0.25, 0.3) is 0 Å². The summed E-state index contributed by atoms with van der Waals surface area (Å²) in [4.78, 5) is 14.3. The molecule has 3 aliphatic rings. The lowest BCUT2D eigenvalue weighted by Gasteiger charge is -2.37. The van der Waals surface area contributed by atoms with Crippen LogP contribution in [-0.4, -0.2) is 52.9 Å². The summed E-state index contributed by atoms with van der Waals surface area (Å²) in [7, 11) is 1.90. The first-order valence-corrected chi connectivity index (χ1v) is 12.3. The zero-order valence-electron chi connectivity index (χ0n) is 20.5. The van der Waals surface area contributed by atoms with Crippen LogP contribution in [0.5, 0.6) is 0 Å². The molecular formula is C25H31FN8O. The molecule has 6 rings (SSSR count). The minimum absolute atomic E-state index is 0.160. The third-order valence-electron chi connectivity index (χ3n) is 7.67. The van der Waals surface area contributed by atoms with E-state index >= 15 is 0 Å². The summed E-state index contributed by atoms with van der Waals surface area (Å²) in [6.07, 6.45) is 2.29. The normalized spacial score (nSPS) is 24.5. The lowest BCUT2D eigenvalue weighted by Crippen LogP contribution is -2.48. The van der Waals surface area contributed by atoms with Crippen molar-refractivity contribution in [3.8, 4) is 0 Å². The Morgan fingerprint density at radius 3 is 2.40 bits per heavy atom. The maximum absolute atomic E-state index is 13.6. The van der Waals surface area contributed by atoms with Crippen molar-refractivity contribution >= 4 is 29.3 Å². The number of hydrogen-bond acceptors (Lipinski definition) is 9. The van der Waals surface area contributed by atoms with E-state index in [1.54, 1.807) is 0 Å². The number of aryl methyl sites for hydroxylation is 1. The Balaban J connectivity index is 1.30. The molecule has 4 heterocycles. The zero-order valence-corrected chi connectivity index (χ0v) is 20.5. The van der Waals surface area contributed by atoms with E-state index in [0.717, 1.165) is 55.4 Å². The molecule has 0 radical (unpaired) electrons. The Morgan fingerprint density at radius 1 is 1.06 bits per heavy atom. The van der Waals surface area contributed by atoms with Crippen molar-refractivity contribution in [3.63, 3.8) is 0 Å². The summed E-state index contributed by atoms with van der Waals surface area (Å²) < 4.78 is 19.3. The first-order chi connectivity index (χ1) is 16.8. The second kappa shape index (κ2) is 8.07. The summed E-state index contributed by atoms with van der Waals surface area (Å²) in [5, 5.41) is 15.2. The van der Waals surface area contributed by atoms with Crippen LogP contribution in [0.15, 0.2) is 28.7 Å². The number of nitrogens with one attached hydrogen (secondary N) is 2. The number of aromatic nitrogens is 4. The maximum Gasteiger partial charge on any atom is 0.318 e. The largest absolute Gasteiger partial charge is 0.408 e. The van der Waals surface area contributed by atoms with Gasteiger partial charge in [-0.05, 0) is 48.9 Å². The molecule has 3 aromatic rings. The highest BCUT2D eigenvalue weighted by atomic mass is 19.1. The van der Waals surface area contributed by atoms with Gasteiger partial charge in [-0.15, -0.1) is 5.10 Å². The minimum Gasteiger partial charge on any atom is -0.408 e. The number of piperidine rings is 1. The van der Waals surface area contributed by atoms with E-state index in [-0.39, 0.29) is 17.3 Å². The standard InChI is InChI=1S/C25H31FN8O/c1-14-31-32-24(35-14)33-11-15-5-6-16(12-33)20(15)28-23-29-21(27-4)19-22(30-23)34(13-25(19,2)3)18-9-7-17(26)8-10-18/h7-10,15-16,20H,5-6,11-13H2,1-4H3,(H2,27,28,29,30)/t15-,16+,20?. The Labute approximate surface area is 204 Å². The van der Waals surface area contributed by atoms with Crippen molar-refractivity contribution in [2.45, 2.75) is 45.1 Å². The monoisotopic (exact) mass is 478 g/mol. The number of halogens is 1. The molecule has 9 nitrogen and oxygen atoms in total. The summed E-state index contributed by atoms with van der Waals surface area (Å²) in [5.41, 5.74) is 1.85. The summed E-state index contributed by atoms with van der Waals surface area (Å²) in [6, 6.07) is 7.51. The van der Waals surface area contributed by atoms with Crippen molar-refractivity contribution in [1.82, 2.24) is 20.2 Å². The number of anilines is 5. The van der Waals surface area contributed by atoms with Gasteiger partial charge < -0.3 is 24.9 Å². The van der Waals surface area contributed by atoms with Gasteiger partial charge in [-0.25, -0.2) is 4.39 Å². The number of nitrogens with zero attached hydrogens (tertiary/aromatic N) is 6. The van der Waals surface area contributed by atoms with Gasteiger partial charge >= 0.3 is 6.01 Å².